The standard InChI is InChI=1S/C26H22Cl2N4O2/c1-32(2)25-20-7-9-29-23(15-11-16(27)13-17(28)12-15)24(20)30-14-21(25)31-26(33)19-8-10-34-22-6-4-3-5-18(19)22/h3-7,9,11-14,19H,8,10H2,1-2H3,(H,31,33)/t19-/m1/s1. The van der Waals surface area contributed by atoms with Crippen molar-refractivity contribution in [1.29, 1.82) is 0 Å². The second-order valence-electron chi connectivity index (χ2n) is 8.35. The Morgan fingerprint density at radius 3 is 2.62 bits per heavy atom. The molecule has 0 radical (unpaired) electrons. The van der Waals surface area contributed by atoms with E-state index < -0.39 is 0 Å². The number of hydrogen-bond donors (Lipinski definition) is 1. The number of halogens is 2. The molecule has 0 saturated heterocycles. The van der Waals surface area contributed by atoms with Gasteiger partial charge in [0.05, 0.1) is 41.3 Å². The lowest BCUT2D eigenvalue weighted by molar-refractivity contribution is -0.118. The van der Waals surface area contributed by atoms with Gasteiger partial charge in [-0.1, -0.05) is 41.4 Å². The first-order chi connectivity index (χ1) is 16.4. The van der Waals surface area contributed by atoms with Crippen LogP contribution in [0.4, 0.5) is 11.4 Å². The molecule has 5 rings (SSSR count). The number of anilines is 2. The minimum atomic E-state index is -0.294. The van der Waals surface area contributed by atoms with Gasteiger partial charge < -0.3 is 15.0 Å². The van der Waals surface area contributed by atoms with Crippen molar-refractivity contribution < 1.29 is 9.53 Å². The fourth-order valence-electron chi connectivity index (χ4n) is 4.42. The van der Waals surface area contributed by atoms with Crippen molar-refractivity contribution in [2.24, 2.45) is 0 Å². The van der Waals surface area contributed by atoms with Crippen LogP contribution in [-0.4, -0.2) is 36.6 Å². The van der Waals surface area contributed by atoms with E-state index >= 15 is 0 Å². The maximum atomic E-state index is 13.3. The molecule has 0 aliphatic carbocycles. The lowest BCUT2D eigenvalue weighted by atomic mass is 9.92. The number of amides is 1. The minimum Gasteiger partial charge on any atom is -0.493 e. The maximum absolute atomic E-state index is 13.3. The fourth-order valence-corrected chi connectivity index (χ4v) is 4.95. The summed E-state index contributed by atoms with van der Waals surface area (Å²) in [5.74, 6) is 0.377. The lowest BCUT2D eigenvalue weighted by Crippen LogP contribution is -2.27. The second kappa shape index (κ2) is 9.12. The quantitative estimate of drug-likeness (QED) is 0.368. The summed E-state index contributed by atoms with van der Waals surface area (Å²) in [6, 6.07) is 14.9. The van der Waals surface area contributed by atoms with Crippen LogP contribution < -0.4 is 15.0 Å². The van der Waals surface area contributed by atoms with E-state index in [9.17, 15) is 4.79 Å². The Hall–Kier alpha value is -3.35. The first-order valence-electron chi connectivity index (χ1n) is 10.9. The highest BCUT2D eigenvalue weighted by atomic mass is 35.5. The number of carbonyl (C=O) groups excluding carboxylic acids is 1. The van der Waals surface area contributed by atoms with Crippen LogP contribution in [-0.2, 0) is 4.79 Å². The summed E-state index contributed by atoms with van der Waals surface area (Å²) in [5, 5.41) is 5.01. The molecule has 34 heavy (non-hydrogen) atoms. The summed E-state index contributed by atoms with van der Waals surface area (Å²) in [6.07, 6.45) is 4.02. The van der Waals surface area contributed by atoms with Gasteiger partial charge >= 0.3 is 0 Å². The van der Waals surface area contributed by atoms with E-state index in [4.69, 9.17) is 27.9 Å². The Balaban J connectivity index is 1.57. The molecule has 0 fully saturated rings. The highest BCUT2D eigenvalue weighted by molar-refractivity contribution is 6.35. The number of aromatic nitrogens is 2. The van der Waals surface area contributed by atoms with Gasteiger partial charge in [0.25, 0.3) is 0 Å². The summed E-state index contributed by atoms with van der Waals surface area (Å²) in [7, 11) is 3.87. The predicted molar refractivity (Wildman–Crippen MR) is 137 cm³/mol. The second-order valence-corrected chi connectivity index (χ2v) is 9.22. The minimum absolute atomic E-state index is 0.0871. The van der Waals surface area contributed by atoms with Crippen molar-refractivity contribution in [3.63, 3.8) is 0 Å². The van der Waals surface area contributed by atoms with Crippen LogP contribution in [0.15, 0.2) is 60.9 Å². The highest BCUT2D eigenvalue weighted by Crippen LogP contribution is 2.39. The van der Waals surface area contributed by atoms with Crippen LogP contribution in [0.1, 0.15) is 17.9 Å². The monoisotopic (exact) mass is 492 g/mol. The first-order valence-corrected chi connectivity index (χ1v) is 11.6. The van der Waals surface area contributed by atoms with E-state index in [-0.39, 0.29) is 11.8 Å². The van der Waals surface area contributed by atoms with E-state index in [1.54, 1.807) is 18.5 Å². The average Bonchev–Trinajstić information content (AvgIpc) is 2.82. The molecular formula is C26H22Cl2N4O2. The zero-order valence-corrected chi connectivity index (χ0v) is 20.2. The molecule has 3 heterocycles. The molecular weight excluding hydrogens is 471 g/mol. The van der Waals surface area contributed by atoms with Crippen LogP contribution in [0.3, 0.4) is 0 Å². The third kappa shape index (κ3) is 4.15. The molecule has 2 aromatic carbocycles. The number of benzene rings is 2. The van der Waals surface area contributed by atoms with Gasteiger partial charge in [0.2, 0.25) is 5.91 Å². The van der Waals surface area contributed by atoms with E-state index in [0.717, 1.165) is 28.0 Å². The first kappa shape index (κ1) is 22.4. The summed E-state index contributed by atoms with van der Waals surface area (Å²) < 4.78 is 5.72. The van der Waals surface area contributed by atoms with Crippen LogP contribution in [0.5, 0.6) is 5.75 Å². The Morgan fingerprint density at radius 1 is 1.09 bits per heavy atom. The van der Waals surface area contributed by atoms with Gasteiger partial charge in [0.1, 0.15) is 5.75 Å². The number of rotatable bonds is 4. The molecule has 4 aromatic rings. The molecule has 0 unspecified atom stereocenters. The zero-order chi connectivity index (χ0) is 23.8. The average molecular weight is 493 g/mol. The molecule has 1 aliphatic rings. The Kier molecular flexibility index (Phi) is 6.02. The smallest absolute Gasteiger partial charge is 0.232 e. The predicted octanol–water partition coefficient (Wildman–Crippen LogP) is 6.17. The van der Waals surface area contributed by atoms with Crippen molar-refractivity contribution in [3.8, 4) is 17.0 Å². The normalized spacial score (nSPS) is 14.9. The number of nitrogens with one attached hydrogen (secondary N) is 1. The van der Waals surface area contributed by atoms with Crippen molar-refractivity contribution in [2.75, 3.05) is 30.9 Å². The molecule has 0 bridgehead atoms. The molecule has 1 N–H and O–H groups in total. The Morgan fingerprint density at radius 2 is 1.85 bits per heavy atom. The molecule has 172 valence electrons. The molecule has 0 saturated carbocycles. The van der Waals surface area contributed by atoms with Crippen molar-refractivity contribution >= 4 is 51.4 Å². The number of fused-ring (bicyclic) bond motifs is 2. The van der Waals surface area contributed by atoms with Gasteiger partial charge in [0.15, 0.2) is 0 Å². The van der Waals surface area contributed by atoms with E-state index in [1.807, 2.05) is 61.5 Å². The van der Waals surface area contributed by atoms with Crippen LogP contribution in [0.2, 0.25) is 10.0 Å². The largest absolute Gasteiger partial charge is 0.493 e. The summed E-state index contributed by atoms with van der Waals surface area (Å²) in [5.41, 5.74) is 4.51. The number of ether oxygens (including phenoxy) is 1. The molecule has 1 atom stereocenters. The van der Waals surface area contributed by atoms with E-state index in [0.29, 0.717) is 40.0 Å². The van der Waals surface area contributed by atoms with Gasteiger partial charge in [-0.25, -0.2) is 0 Å². The summed E-state index contributed by atoms with van der Waals surface area (Å²) >= 11 is 12.5. The number of hydrogen-bond acceptors (Lipinski definition) is 5. The van der Waals surface area contributed by atoms with Gasteiger partial charge in [0, 0.05) is 46.9 Å². The summed E-state index contributed by atoms with van der Waals surface area (Å²) in [6.45, 7) is 0.503. The number of nitrogens with zero attached hydrogens (tertiary/aromatic N) is 3. The van der Waals surface area contributed by atoms with Gasteiger partial charge in [-0.15, -0.1) is 0 Å². The van der Waals surface area contributed by atoms with Gasteiger partial charge in [-0.05, 0) is 36.8 Å². The third-order valence-electron chi connectivity index (χ3n) is 5.87. The SMILES string of the molecule is CN(C)c1c(NC(=O)[C@@H]2CCOc3ccccc32)cnc2c(-c3cc(Cl)cc(Cl)c3)nccc12. The van der Waals surface area contributed by atoms with Crippen molar-refractivity contribution in [3.05, 3.63) is 76.5 Å². The van der Waals surface area contributed by atoms with Crippen LogP contribution in [0.25, 0.3) is 22.2 Å². The topological polar surface area (TPSA) is 67.4 Å². The van der Waals surface area contributed by atoms with E-state index in [2.05, 4.69) is 15.3 Å². The zero-order valence-electron chi connectivity index (χ0n) is 18.7. The molecule has 6 nitrogen and oxygen atoms in total. The van der Waals surface area contributed by atoms with Gasteiger partial charge in [-0.3, -0.25) is 14.8 Å². The molecule has 0 spiro atoms. The maximum Gasteiger partial charge on any atom is 0.232 e. The van der Waals surface area contributed by atoms with Crippen molar-refractivity contribution in [1.82, 2.24) is 9.97 Å². The van der Waals surface area contributed by atoms with Gasteiger partial charge in [-0.2, -0.15) is 0 Å². The van der Waals surface area contributed by atoms with E-state index in [1.165, 1.54) is 0 Å². The number of pyridine rings is 2. The van der Waals surface area contributed by atoms with Crippen LogP contribution >= 0.6 is 23.2 Å². The Labute approximate surface area is 207 Å². The molecule has 1 aliphatic heterocycles. The Bertz CT molecular complexity index is 1390. The fraction of sp³-hybridized carbons (Fsp3) is 0.192. The molecule has 2 aromatic heterocycles. The summed E-state index contributed by atoms with van der Waals surface area (Å²) in [4.78, 5) is 24.6. The number of carbonyl (C=O) groups is 1. The number of para-hydroxylation sites is 1. The lowest BCUT2D eigenvalue weighted by Gasteiger charge is -2.26. The van der Waals surface area contributed by atoms with Crippen molar-refractivity contribution in [2.45, 2.75) is 12.3 Å². The molecule has 8 heteroatoms. The van der Waals surface area contributed by atoms with Crippen LogP contribution in [0, 0.1) is 0 Å². The highest BCUT2D eigenvalue weighted by Gasteiger charge is 2.28. The third-order valence-corrected chi connectivity index (χ3v) is 6.31. The molecule has 1 amide bonds.